The summed E-state index contributed by atoms with van der Waals surface area (Å²) in [6, 6.07) is 1.29. The first-order valence-electron chi connectivity index (χ1n) is 8.88. The van der Waals surface area contributed by atoms with Gasteiger partial charge in [0.1, 0.15) is 0 Å². The smallest absolute Gasteiger partial charge is 0.317 e. The Balaban J connectivity index is 1.74. The fraction of sp³-hybridized carbons (Fsp3) is 0.941. The quantitative estimate of drug-likeness (QED) is 0.763. The Labute approximate surface area is 140 Å². The number of nitrogens with zero attached hydrogens (tertiary/aromatic N) is 3. The van der Waals surface area contributed by atoms with Crippen molar-refractivity contribution in [1.82, 2.24) is 20.0 Å². The van der Waals surface area contributed by atoms with Gasteiger partial charge >= 0.3 is 6.03 Å². The van der Waals surface area contributed by atoms with Crippen LogP contribution in [0.25, 0.3) is 0 Å². The molecule has 2 amide bonds. The molecule has 1 aliphatic heterocycles. The van der Waals surface area contributed by atoms with Crippen LogP contribution in [0.3, 0.4) is 0 Å². The van der Waals surface area contributed by atoms with Gasteiger partial charge in [-0.05, 0) is 47.6 Å². The fourth-order valence-corrected chi connectivity index (χ4v) is 3.35. The van der Waals surface area contributed by atoms with Gasteiger partial charge in [-0.15, -0.1) is 0 Å². The van der Waals surface area contributed by atoms with Crippen molar-refractivity contribution in [1.29, 1.82) is 0 Å². The lowest BCUT2D eigenvalue weighted by Crippen LogP contribution is -2.59. The van der Waals surface area contributed by atoms with Gasteiger partial charge in [-0.2, -0.15) is 0 Å². The van der Waals surface area contributed by atoms with E-state index in [1.807, 2.05) is 18.7 Å². The zero-order valence-corrected chi connectivity index (χ0v) is 15.4. The highest BCUT2D eigenvalue weighted by Gasteiger charge is 2.31. The molecule has 1 saturated heterocycles. The lowest BCUT2D eigenvalue weighted by atomic mass is 10.1. The van der Waals surface area contributed by atoms with Crippen molar-refractivity contribution >= 4 is 6.03 Å². The first-order valence-corrected chi connectivity index (χ1v) is 8.88. The third-order valence-corrected chi connectivity index (χ3v) is 4.95. The Hall–Kier alpha value is -0.850. The maximum atomic E-state index is 12.4. The summed E-state index contributed by atoms with van der Waals surface area (Å²) in [7, 11) is 2.15. The number of hydrogen-bond donors (Lipinski definition) is 2. The molecule has 6 nitrogen and oxygen atoms in total. The molecule has 0 aromatic rings. The van der Waals surface area contributed by atoms with E-state index in [4.69, 9.17) is 0 Å². The zero-order valence-electron chi connectivity index (χ0n) is 15.4. The number of piperazine rings is 1. The summed E-state index contributed by atoms with van der Waals surface area (Å²) >= 11 is 0. The Morgan fingerprint density at radius 2 is 2.04 bits per heavy atom. The lowest BCUT2D eigenvalue weighted by Gasteiger charge is -2.41. The van der Waals surface area contributed by atoms with Gasteiger partial charge in [-0.3, -0.25) is 9.80 Å². The van der Waals surface area contributed by atoms with E-state index in [-0.39, 0.29) is 12.1 Å². The van der Waals surface area contributed by atoms with Crippen LogP contribution in [0.15, 0.2) is 0 Å². The van der Waals surface area contributed by atoms with Crippen molar-refractivity contribution in [3.8, 4) is 0 Å². The van der Waals surface area contributed by atoms with Gasteiger partial charge in [-0.25, -0.2) is 4.79 Å². The van der Waals surface area contributed by atoms with Crippen molar-refractivity contribution in [3.63, 3.8) is 0 Å². The van der Waals surface area contributed by atoms with E-state index >= 15 is 0 Å². The van der Waals surface area contributed by atoms with Crippen molar-refractivity contribution in [3.05, 3.63) is 0 Å². The van der Waals surface area contributed by atoms with E-state index in [0.717, 1.165) is 19.6 Å². The van der Waals surface area contributed by atoms with Crippen LogP contribution in [0.1, 0.15) is 40.5 Å². The number of urea groups is 1. The van der Waals surface area contributed by atoms with Crippen LogP contribution in [0.5, 0.6) is 0 Å². The monoisotopic (exact) mass is 326 g/mol. The molecule has 1 aliphatic carbocycles. The third-order valence-electron chi connectivity index (χ3n) is 4.95. The van der Waals surface area contributed by atoms with E-state index < -0.39 is 5.60 Å². The highest BCUT2D eigenvalue weighted by Crippen LogP contribution is 2.26. The molecule has 0 aromatic carbocycles. The largest absolute Gasteiger partial charge is 0.389 e. The summed E-state index contributed by atoms with van der Waals surface area (Å²) in [6.07, 6.45) is 2.57. The standard InChI is InChI=1S/C17H34N4O2/c1-13(19(5)15-6-7-15)10-18-16(22)21-9-8-20(11-14(21)2)12-17(3,4)23/h13-15,23H,6-12H2,1-5H3,(H,18,22)/t13-,14+/m1/s1. The SMILES string of the molecule is C[C@H](CNC(=O)N1CCN(CC(C)(C)O)C[C@@H]1C)N(C)C1CC1. The number of aliphatic hydroxyl groups is 1. The van der Waals surface area contributed by atoms with Crippen LogP contribution in [-0.2, 0) is 0 Å². The minimum atomic E-state index is -0.688. The van der Waals surface area contributed by atoms with E-state index in [0.29, 0.717) is 25.2 Å². The molecular formula is C17H34N4O2. The molecule has 134 valence electrons. The molecule has 0 aromatic heterocycles. The molecule has 1 heterocycles. The Morgan fingerprint density at radius 1 is 1.39 bits per heavy atom. The molecule has 2 fully saturated rings. The van der Waals surface area contributed by atoms with Crippen LogP contribution in [0.2, 0.25) is 0 Å². The Morgan fingerprint density at radius 3 is 2.57 bits per heavy atom. The minimum Gasteiger partial charge on any atom is -0.389 e. The molecule has 2 aliphatic rings. The summed E-state index contributed by atoms with van der Waals surface area (Å²) in [4.78, 5) is 19.0. The lowest BCUT2D eigenvalue weighted by molar-refractivity contribution is 0.0118. The molecule has 2 rings (SSSR count). The number of hydrogen-bond acceptors (Lipinski definition) is 4. The molecular weight excluding hydrogens is 292 g/mol. The summed E-state index contributed by atoms with van der Waals surface area (Å²) in [5.41, 5.74) is -0.688. The van der Waals surface area contributed by atoms with Gasteiger partial charge in [0.05, 0.1) is 5.60 Å². The minimum absolute atomic E-state index is 0.0384. The van der Waals surface area contributed by atoms with Crippen LogP contribution in [0.4, 0.5) is 4.79 Å². The number of carbonyl (C=O) groups is 1. The van der Waals surface area contributed by atoms with Crippen molar-refractivity contribution in [2.45, 2.75) is 64.3 Å². The molecule has 2 N–H and O–H groups in total. The molecule has 23 heavy (non-hydrogen) atoms. The average molecular weight is 326 g/mol. The maximum absolute atomic E-state index is 12.4. The fourth-order valence-electron chi connectivity index (χ4n) is 3.35. The first kappa shape index (κ1) is 18.5. The van der Waals surface area contributed by atoms with Crippen LogP contribution in [0, 0.1) is 0 Å². The molecule has 0 spiro atoms. The second kappa shape index (κ2) is 7.36. The normalized spacial score (nSPS) is 24.8. The van der Waals surface area contributed by atoms with E-state index in [2.05, 4.69) is 36.0 Å². The van der Waals surface area contributed by atoms with Gasteiger partial charge in [-0.1, -0.05) is 0 Å². The Kier molecular flexibility index (Phi) is 5.92. The molecule has 0 radical (unpaired) electrons. The van der Waals surface area contributed by atoms with Crippen molar-refractivity contribution in [2.24, 2.45) is 0 Å². The predicted molar refractivity (Wildman–Crippen MR) is 92.6 cm³/mol. The predicted octanol–water partition coefficient (Wildman–Crippen LogP) is 0.956. The topological polar surface area (TPSA) is 59.1 Å². The van der Waals surface area contributed by atoms with Gasteiger partial charge in [0.15, 0.2) is 0 Å². The molecule has 6 heteroatoms. The maximum Gasteiger partial charge on any atom is 0.317 e. The number of rotatable bonds is 6. The highest BCUT2D eigenvalue weighted by atomic mass is 16.3. The van der Waals surface area contributed by atoms with E-state index in [1.165, 1.54) is 12.8 Å². The van der Waals surface area contributed by atoms with Crippen LogP contribution in [-0.4, -0.2) is 89.3 Å². The first-order chi connectivity index (χ1) is 10.7. The van der Waals surface area contributed by atoms with E-state index in [1.54, 1.807) is 0 Å². The third kappa shape index (κ3) is 5.62. The summed E-state index contributed by atoms with van der Waals surface area (Å²) in [5.74, 6) is 0. The number of nitrogens with one attached hydrogen (secondary N) is 1. The van der Waals surface area contributed by atoms with Gasteiger partial charge in [0.25, 0.3) is 0 Å². The highest BCUT2D eigenvalue weighted by molar-refractivity contribution is 5.74. The number of amides is 2. The van der Waals surface area contributed by atoms with E-state index in [9.17, 15) is 9.90 Å². The number of carbonyl (C=O) groups excluding carboxylic acids is 1. The van der Waals surface area contributed by atoms with Gasteiger partial charge in [0, 0.05) is 50.8 Å². The van der Waals surface area contributed by atoms with Crippen LogP contribution < -0.4 is 5.32 Å². The summed E-state index contributed by atoms with van der Waals surface area (Å²) in [6.45, 7) is 11.6. The Bertz CT molecular complexity index is 406. The van der Waals surface area contributed by atoms with Crippen molar-refractivity contribution in [2.75, 3.05) is 39.8 Å². The molecule has 0 unspecified atom stereocenters. The summed E-state index contributed by atoms with van der Waals surface area (Å²) in [5, 5.41) is 13.0. The number of β-amino-alcohol motifs (C(OH)–C–C–N with tert-alkyl or cyclic N) is 1. The van der Waals surface area contributed by atoms with Gasteiger partial charge < -0.3 is 15.3 Å². The van der Waals surface area contributed by atoms with Gasteiger partial charge in [0.2, 0.25) is 0 Å². The number of likely N-dealkylation sites (N-methyl/N-ethyl adjacent to an activating group) is 1. The average Bonchev–Trinajstić information content (AvgIpc) is 3.26. The molecule has 1 saturated carbocycles. The second-order valence-corrected chi connectivity index (χ2v) is 8.02. The van der Waals surface area contributed by atoms with Crippen LogP contribution >= 0.6 is 0 Å². The second-order valence-electron chi connectivity index (χ2n) is 8.02. The molecule has 2 atom stereocenters. The van der Waals surface area contributed by atoms with Crippen molar-refractivity contribution < 1.29 is 9.90 Å². The zero-order chi connectivity index (χ0) is 17.2. The molecule has 0 bridgehead atoms. The summed E-state index contributed by atoms with van der Waals surface area (Å²) < 4.78 is 0.